The van der Waals surface area contributed by atoms with Crippen molar-refractivity contribution in [2.45, 2.75) is 71.3 Å². The number of imidazole rings is 1. The number of benzene rings is 2. The van der Waals surface area contributed by atoms with Crippen LogP contribution in [0.25, 0.3) is 11.0 Å². The highest BCUT2D eigenvalue weighted by molar-refractivity contribution is 5.94. The number of para-hydroxylation sites is 2. The molecule has 0 saturated carbocycles. The molecule has 0 fully saturated rings. The maximum Gasteiger partial charge on any atom is 0.254 e. The van der Waals surface area contributed by atoms with Gasteiger partial charge in [-0.25, -0.2) is 9.37 Å². The molecule has 4 nitrogen and oxygen atoms in total. The van der Waals surface area contributed by atoms with Gasteiger partial charge >= 0.3 is 0 Å². The van der Waals surface area contributed by atoms with Gasteiger partial charge in [-0.3, -0.25) is 4.79 Å². The van der Waals surface area contributed by atoms with Gasteiger partial charge < -0.3 is 9.88 Å². The first-order valence-electron chi connectivity index (χ1n) is 11.7. The summed E-state index contributed by atoms with van der Waals surface area (Å²) in [5.41, 5.74) is 2.41. The third kappa shape index (κ3) is 6.65. The molecule has 1 aromatic heterocycles. The Hall–Kier alpha value is -2.69. The SMILES string of the molecule is CCCCCCCn1c(CCCCCNC(=O)c2ccccc2F)nc2ccccc21. The number of fused-ring (bicyclic) bond motifs is 1. The molecule has 5 heteroatoms. The minimum absolute atomic E-state index is 0.107. The summed E-state index contributed by atoms with van der Waals surface area (Å²) in [7, 11) is 0. The summed E-state index contributed by atoms with van der Waals surface area (Å²) in [6.45, 7) is 3.83. The molecule has 1 heterocycles. The summed E-state index contributed by atoms with van der Waals surface area (Å²) in [5, 5.41) is 2.82. The molecule has 0 unspecified atom stereocenters. The molecule has 2 aromatic carbocycles. The summed E-state index contributed by atoms with van der Waals surface area (Å²) in [4.78, 5) is 16.9. The number of hydrogen-bond acceptors (Lipinski definition) is 2. The molecule has 3 aromatic rings. The van der Waals surface area contributed by atoms with Crippen molar-refractivity contribution in [3.63, 3.8) is 0 Å². The lowest BCUT2D eigenvalue weighted by Gasteiger charge is -2.10. The zero-order valence-corrected chi connectivity index (χ0v) is 18.6. The van der Waals surface area contributed by atoms with Gasteiger partial charge in [0.1, 0.15) is 11.6 Å². The van der Waals surface area contributed by atoms with Crippen molar-refractivity contribution in [1.82, 2.24) is 14.9 Å². The second-order valence-electron chi connectivity index (χ2n) is 8.13. The Balaban J connectivity index is 1.45. The van der Waals surface area contributed by atoms with Crippen LogP contribution in [-0.2, 0) is 13.0 Å². The molecule has 0 aliphatic carbocycles. The Morgan fingerprint density at radius 3 is 2.52 bits per heavy atom. The lowest BCUT2D eigenvalue weighted by molar-refractivity contribution is 0.0949. The highest BCUT2D eigenvalue weighted by atomic mass is 19.1. The number of halogens is 1. The molecule has 0 spiro atoms. The van der Waals surface area contributed by atoms with E-state index in [0.717, 1.165) is 43.6 Å². The number of carbonyl (C=O) groups is 1. The molecule has 3 rings (SSSR count). The van der Waals surface area contributed by atoms with Crippen LogP contribution < -0.4 is 5.32 Å². The van der Waals surface area contributed by atoms with Gasteiger partial charge in [0.2, 0.25) is 0 Å². The third-order valence-electron chi connectivity index (χ3n) is 5.70. The van der Waals surface area contributed by atoms with Crippen molar-refractivity contribution < 1.29 is 9.18 Å². The van der Waals surface area contributed by atoms with E-state index in [-0.39, 0.29) is 11.5 Å². The molecule has 0 bridgehead atoms. The van der Waals surface area contributed by atoms with Crippen molar-refractivity contribution in [2.75, 3.05) is 6.54 Å². The van der Waals surface area contributed by atoms with Crippen LogP contribution in [-0.4, -0.2) is 22.0 Å². The van der Waals surface area contributed by atoms with Crippen molar-refractivity contribution in [3.8, 4) is 0 Å². The predicted molar refractivity (Wildman–Crippen MR) is 125 cm³/mol. The highest BCUT2D eigenvalue weighted by Gasteiger charge is 2.11. The molecule has 31 heavy (non-hydrogen) atoms. The van der Waals surface area contributed by atoms with Crippen molar-refractivity contribution >= 4 is 16.9 Å². The zero-order chi connectivity index (χ0) is 21.9. The normalized spacial score (nSPS) is 11.2. The van der Waals surface area contributed by atoms with E-state index < -0.39 is 5.82 Å². The van der Waals surface area contributed by atoms with Gasteiger partial charge in [-0.15, -0.1) is 0 Å². The van der Waals surface area contributed by atoms with E-state index in [2.05, 4.69) is 35.0 Å². The van der Waals surface area contributed by atoms with Gasteiger partial charge in [-0.2, -0.15) is 0 Å². The number of rotatable bonds is 13. The van der Waals surface area contributed by atoms with Crippen LogP contribution in [0.2, 0.25) is 0 Å². The quantitative estimate of drug-likeness (QED) is 0.329. The van der Waals surface area contributed by atoms with Gasteiger partial charge in [0, 0.05) is 19.5 Å². The number of aromatic nitrogens is 2. The Morgan fingerprint density at radius 2 is 1.68 bits per heavy atom. The molecule has 0 radical (unpaired) electrons. The van der Waals surface area contributed by atoms with E-state index in [1.54, 1.807) is 12.1 Å². The topological polar surface area (TPSA) is 46.9 Å². The van der Waals surface area contributed by atoms with E-state index in [9.17, 15) is 9.18 Å². The summed E-state index contributed by atoms with van der Waals surface area (Å²) in [6.07, 6.45) is 10.2. The van der Waals surface area contributed by atoms with Crippen LogP contribution in [0.5, 0.6) is 0 Å². The maximum absolute atomic E-state index is 13.7. The van der Waals surface area contributed by atoms with Crippen LogP contribution in [0, 0.1) is 5.82 Å². The molecule has 0 saturated heterocycles. The van der Waals surface area contributed by atoms with E-state index in [0.29, 0.717) is 6.54 Å². The fraction of sp³-hybridized carbons (Fsp3) is 0.462. The molecular formula is C26H34FN3O. The monoisotopic (exact) mass is 423 g/mol. The Labute approximate surface area is 184 Å². The van der Waals surface area contributed by atoms with Crippen molar-refractivity contribution in [1.29, 1.82) is 0 Å². The fourth-order valence-corrected chi connectivity index (χ4v) is 3.97. The Kier molecular flexibility index (Phi) is 9.07. The standard InChI is InChI=1S/C26H34FN3O/c1-2-3-4-5-13-20-30-24-17-11-10-16-23(24)29-25(30)18-7-6-12-19-28-26(31)21-14-8-9-15-22(21)27/h8-11,14-17H,2-7,12-13,18-20H2,1H3,(H,28,31). The minimum Gasteiger partial charge on any atom is -0.352 e. The largest absolute Gasteiger partial charge is 0.352 e. The van der Waals surface area contributed by atoms with Crippen LogP contribution in [0.15, 0.2) is 48.5 Å². The first-order valence-corrected chi connectivity index (χ1v) is 11.7. The van der Waals surface area contributed by atoms with E-state index in [4.69, 9.17) is 4.98 Å². The van der Waals surface area contributed by atoms with Crippen molar-refractivity contribution in [2.24, 2.45) is 0 Å². The maximum atomic E-state index is 13.7. The van der Waals surface area contributed by atoms with Crippen molar-refractivity contribution in [3.05, 3.63) is 65.7 Å². The lowest BCUT2D eigenvalue weighted by atomic mass is 10.1. The van der Waals surface area contributed by atoms with E-state index in [1.165, 1.54) is 49.8 Å². The van der Waals surface area contributed by atoms with Crippen LogP contribution in [0.3, 0.4) is 0 Å². The average Bonchev–Trinajstić information content (AvgIpc) is 3.13. The first-order chi connectivity index (χ1) is 15.2. The number of nitrogens with zero attached hydrogens (tertiary/aromatic N) is 2. The van der Waals surface area contributed by atoms with Crippen LogP contribution in [0.1, 0.15) is 74.5 Å². The first kappa shape index (κ1) is 23.0. The molecule has 1 amide bonds. The molecule has 166 valence electrons. The molecule has 0 atom stereocenters. The van der Waals surface area contributed by atoms with Crippen LogP contribution >= 0.6 is 0 Å². The smallest absolute Gasteiger partial charge is 0.254 e. The Bertz CT molecular complexity index is 966. The molecular weight excluding hydrogens is 389 g/mol. The lowest BCUT2D eigenvalue weighted by Crippen LogP contribution is -2.25. The summed E-state index contributed by atoms with van der Waals surface area (Å²) in [5.74, 6) is 0.337. The van der Waals surface area contributed by atoms with Gasteiger partial charge in [0.25, 0.3) is 5.91 Å². The number of nitrogens with one attached hydrogen (secondary N) is 1. The predicted octanol–water partition coefficient (Wildman–Crippen LogP) is 6.29. The van der Waals surface area contributed by atoms with Gasteiger partial charge in [-0.1, -0.05) is 63.3 Å². The zero-order valence-electron chi connectivity index (χ0n) is 18.6. The average molecular weight is 424 g/mol. The third-order valence-corrected chi connectivity index (χ3v) is 5.70. The minimum atomic E-state index is -0.478. The van der Waals surface area contributed by atoms with E-state index >= 15 is 0 Å². The number of aryl methyl sites for hydroxylation is 2. The molecule has 1 N–H and O–H groups in total. The number of unbranched alkanes of at least 4 members (excludes halogenated alkanes) is 6. The van der Waals surface area contributed by atoms with Gasteiger partial charge in [0.15, 0.2) is 0 Å². The molecule has 0 aliphatic rings. The van der Waals surface area contributed by atoms with Gasteiger partial charge in [0.05, 0.1) is 16.6 Å². The number of carbonyl (C=O) groups excluding carboxylic acids is 1. The second kappa shape index (κ2) is 12.2. The highest BCUT2D eigenvalue weighted by Crippen LogP contribution is 2.19. The summed E-state index contributed by atoms with van der Waals surface area (Å²) >= 11 is 0. The summed E-state index contributed by atoms with van der Waals surface area (Å²) in [6, 6.07) is 14.5. The molecule has 0 aliphatic heterocycles. The number of amides is 1. The van der Waals surface area contributed by atoms with Crippen LogP contribution in [0.4, 0.5) is 4.39 Å². The van der Waals surface area contributed by atoms with E-state index in [1.807, 2.05) is 6.07 Å². The summed E-state index contributed by atoms with van der Waals surface area (Å²) < 4.78 is 16.1. The Morgan fingerprint density at radius 1 is 0.935 bits per heavy atom. The second-order valence-corrected chi connectivity index (χ2v) is 8.13. The fourth-order valence-electron chi connectivity index (χ4n) is 3.97. The number of hydrogen-bond donors (Lipinski definition) is 1. The van der Waals surface area contributed by atoms with Gasteiger partial charge in [-0.05, 0) is 43.5 Å².